The summed E-state index contributed by atoms with van der Waals surface area (Å²) in [6.45, 7) is 2.90. The van der Waals surface area contributed by atoms with Crippen LogP contribution in [0.25, 0.3) is 5.69 Å². The molecule has 1 fully saturated rings. The molecule has 0 N–H and O–H groups in total. The fourth-order valence-electron chi connectivity index (χ4n) is 2.92. The number of anilines is 1. The third-order valence-corrected chi connectivity index (χ3v) is 5.76. The van der Waals surface area contributed by atoms with Crippen molar-refractivity contribution in [3.8, 4) is 5.69 Å². The Kier molecular flexibility index (Phi) is 5.75. The average molecular weight is 449 g/mol. The lowest BCUT2D eigenvalue weighted by atomic mass is 10.2. The van der Waals surface area contributed by atoms with E-state index >= 15 is 0 Å². The molecule has 4 rings (SSSR count). The second kappa shape index (κ2) is 8.41. The van der Waals surface area contributed by atoms with Crippen molar-refractivity contribution in [1.82, 2.24) is 14.8 Å². The summed E-state index contributed by atoms with van der Waals surface area (Å²) < 4.78 is 22.4. The average Bonchev–Trinajstić information content (AvgIpc) is 3.14. The number of thioether (sulfide) groups is 1. The number of rotatable bonds is 5. The van der Waals surface area contributed by atoms with E-state index in [1.165, 1.54) is 17.8 Å². The molecule has 0 atom stereocenters. The van der Waals surface area contributed by atoms with Gasteiger partial charge < -0.3 is 9.64 Å². The van der Waals surface area contributed by atoms with Gasteiger partial charge in [0.05, 0.1) is 18.9 Å². The Hall–Kier alpha value is -1.90. The zero-order valence-corrected chi connectivity index (χ0v) is 16.9. The SMILES string of the molecule is Fc1ccc(Br)cc1CSc1nnc(N2CCOCC2)n1-c1ccccc1. The first-order chi connectivity index (χ1) is 13.2. The Morgan fingerprint density at radius 3 is 2.63 bits per heavy atom. The zero-order chi connectivity index (χ0) is 18.6. The van der Waals surface area contributed by atoms with Crippen LogP contribution in [0.2, 0.25) is 0 Å². The van der Waals surface area contributed by atoms with E-state index in [1.54, 1.807) is 12.1 Å². The molecular weight excluding hydrogens is 431 g/mol. The molecule has 0 bridgehead atoms. The summed E-state index contributed by atoms with van der Waals surface area (Å²) in [5.41, 5.74) is 1.62. The van der Waals surface area contributed by atoms with Gasteiger partial charge in [0.2, 0.25) is 5.95 Å². The highest BCUT2D eigenvalue weighted by Gasteiger charge is 2.22. The van der Waals surface area contributed by atoms with E-state index in [0.29, 0.717) is 24.5 Å². The van der Waals surface area contributed by atoms with Gasteiger partial charge >= 0.3 is 0 Å². The van der Waals surface area contributed by atoms with Crippen molar-refractivity contribution >= 4 is 33.6 Å². The minimum Gasteiger partial charge on any atom is -0.378 e. The maximum absolute atomic E-state index is 14.1. The van der Waals surface area contributed by atoms with Crippen LogP contribution in [0.1, 0.15) is 5.56 Å². The molecule has 0 saturated carbocycles. The Balaban J connectivity index is 1.66. The number of benzene rings is 2. The molecule has 1 aromatic heterocycles. The highest BCUT2D eigenvalue weighted by Crippen LogP contribution is 2.30. The number of hydrogen-bond acceptors (Lipinski definition) is 5. The molecule has 0 spiro atoms. The first kappa shape index (κ1) is 18.5. The molecule has 2 heterocycles. The van der Waals surface area contributed by atoms with Gasteiger partial charge in [-0.2, -0.15) is 0 Å². The van der Waals surface area contributed by atoms with E-state index in [4.69, 9.17) is 4.74 Å². The molecule has 1 aliphatic rings. The number of ether oxygens (including phenoxy) is 1. The van der Waals surface area contributed by atoms with Crippen LogP contribution in [0, 0.1) is 5.82 Å². The number of para-hydroxylation sites is 1. The van der Waals surface area contributed by atoms with Gasteiger partial charge in [0.1, 0.15) is 5.82 Å². The van der Waals surface area contributed by atoms with Crippen LogP contribution >= 0.6 is 27.7 Å². The molecule has 8 heteroatoms. The molecule has 1 aliphatic heterocycles. The number of hydrogen-bond donors (Lipinski definition) is 0. The second-order valence-electron chi connectivity index (χ2n) is 6.08. The van der Waals surface area contributed by atoms with Crippen LogP contribution in [0.3, 0.4) is 0 Å². The maximum atomic E-state index is 14.1. The summed E-state index contributed by atoms with van der Waals surface area (Å²) in [4.78, 5) is 2.17. The number of morpholine rings is 1. The summed E-state index contributed by atoms with van der Waals surface area (Å²) in [5.74, 6) is 1.05. The first-order valence-corrected chi connectivity index (χ1v) is 10.4. The predicted molar refractivity (Wildman–Crippen MR) is 108 cm³/mol. The monoisotopic (exact) mass is 448 g/mol. The molecule has 0 unspecified atom stereocenters. The van der Waals surface area contributed by atoms with E-state index < -0.39 is 0 Å². The van der Waals surface area contributed by atoms with Gasteiger partial charge in [-0.05, 0) is 35.9 Å². The van der Waals surface area contributed by atoms with E-state index in [1.807, 2.05) is 34.9 Å². The zero-order valence-electron chi connectivity index (χ0n) is 14.5. The van der Waals surface area contributed by atoms with Gasteiger partial charge in [-0.25, -0.2) is 4.39 Å². The predicted octanol–water partition coefficient (Wildman–Crippen LogP) is 4.30. The smallest absolute Gasteiger partial charge is 0.232 e. The minimum absolute atomic E-state index is 0.218. The number of halogens is 2. The standard InChI is InChI=1S/C19H18BrFN4OS/c20-15-6-7-17(21)14(12-15)13-27-19-23-22-18(24-8-10-26-11-9-24)25(19)16-4-2-1-3-5-16/h1-7,12H,8-11,13H2. The summed E-state index contributed by atoms with van der Waals surface area (Å²) >= 11 is 4.88. The van der Waals surface area contributed by atoms with Gasteiger partial charge in [0.25, 0.3) is 0 Å². The van der Waals surface area contributed by atoms with Crippen LogP contribution in [0.5, 0.6) is 0 Å². The molecule has 3 aromatic rings. The van der Waals surface area contributed by atoms with Gasteiger partial charge in [-0.1, -0.05) is 45.9 Å². The molecule has 0 amide bonds. The minimum atomic E-state index is -0.218. The van der Waals surface area contributed by atoms with E-state index in [0.717, 1.165) is 34.4 Å². The van der Waals surface area contributed by atoms with Crippen LogP contribution in [-0.2, 0) is 10.5 Å². The van der Waals surface area contributed by atoms with Crippen LogP contribution < -0.4 is 4.90 Å². The van der Waals surface area contributed by atoms with Crippen molar-refractivity contribution in [3.63, 3.8) is 0 Å². The van der Waals surface area contributed by atoms with Gasteiger partial charge in [-0.15, -0.1) is 10.2 Å². The van der Waals surface area contributed by atoms with Gasteiger partial charge in [0, 0.05) is 23.3 Å². The van der Waals surface area contributed by atoms with Crippen molar-refractivity contribution < 1.29 is 9.13 Å². The lowest BCUT2D eigenvalue weighted by Gasteiger charge is -2.27. The lowest BCUT2D eigenvalue weighted by molar-refractivity contribution is 0.122. The molecule has 1 saturated heterocycles. The van der Waals surface area contributed by atoms with Crippen molar-refractivity contribution in [2.24, 2.45) is 0 Å². The lowest BCUT2D eigenvalue weighted by Crippen LogP contribution is -2.37. The Bertz CT molecular complexity index is 915. The molecular formula is C19H18BrFN4OS. The number of aromatic nitrogens is 3. The normalized spacial score (nSPS) is 14.5. The Labute approximate surface area is 169 Å². The molecule has 140 valence electrons. The number of nitrogens with zero attached hydrogens (tertiary/aromatic N) is 4. The molecule has 0 radical (unpaired) electrons. The third kappa shape index (κ3) is 4.17. The topological polar surface area (TPSA) is 43.2 Å². The fourth-order valence-corrected chi connectivity index (χ4v) is 4.25. The van der Waals surface area contributed by atoms with Crippen LogP contribution in [0.4, 0.5) is 10.3 Å². The molecule has 0 aliphatic carbocycles. The van der Waals surface area contributed by atoms with E-state index in [9.17, 15) is 4.39 Å². The van der Waals surface area contributed by atoms with Crippen LogP contribution in [0.15, 0.2) is 58.2 Å². The van der Waals surface area contributed by atoms with Crippen molar-refractivity contribution in [2.75, 3.05) is 31.2 Å². The van der Waals surface area contributed by atoms with Gasteiger partial charge in [0.15, 0.2) is 5.16 Å². The molecule has 27 heavy (non-hydrogen) atoms. The Morgan fingerprint density at radius 1 is 1.07 bits per heavy atom. The Morgan fingerprint density at radius 2 is 1.85 bits per heavy atom. The quantitative estimate of drug-likeness (QED) is 0.544. The van der Waals surface area contributed by atoms with Crippen LogP contribution in [-0.4, -0.2) is 41.1 Å². The summed E-state index contributed by atoms with van der Waals surface area (Å²) in [6.07, 6.45) is 0. The highest BCUT2D eigenvalue weighted by atomic mass is 79.9. The largest absolute Gasteiger partial charge is 0.378 e. The van der Waals surface area contributed by atoms with Gasteiger partial charge in [-0.3, -0.25) is 4.57 Å². The second-order valence-corrected chi connectivity index (χ2v) is 7.94. The fraction of sp³-hybridized carbons (Fsp3) is 0.263. The van der Waals surface area contributed by atoms with Crippen molar-refractivity contribution in [2.45, 2.75) is 10.9 Å². The summed E-state index contributed by atoms with van der Waals surface area (Å²) in [5, 5.41) is 9.56. The molecule has 5 nitrogen and oxygen atoms in total. The first-order valence-electron chi connectivity index (χ1n) is 8.62. The summed E-state index contributed by atoms with van der Waals surface area (Å²) in [6, 6.07) is 15.0. The molecule has 2 aromatic carbocycles. The van der Waals surface area contributed by atoms with Crippen molar-refractivity contribution in [1.29, 1.82) is 0 Å². The summed E-state index contributed by atoms with van der Waals surface area (Å²) in [7, 11) is 0. The third-order valence-electron chi connectivity index (χ3n) is 4.29. The maximum Gasteiger partial charge on any atom is 0.232 e. The van der Waals surface area contributed by atoms with E-state index in [2.05, 4.69) is 31.0 Å². The highest BCUT2D eigenvalue weighted by molar-refractivity contribution is 9.10. The van der Waals surface area contributed by atoms with E-state index in [-0.39, 0.29) is 5.82 Å². The van der Waals surface area contributed by atoms with Crippen molar-refractivity contribution in [3.05, 3.63) is 64.4 Å².